The Morgan fingerprint density at radius 3 is 2.31 bits per heavy atom. The number of benzene rings is 2. The standard InChI is InChI=1S/C19H21NO6/c1-23-11-17(21)20-15-5-4-6-16(26-12-24-2)18(15)19(22)13-7-9-14(25-3)10-8-13/h4-10H,11-12H2,1-3H3,(H,20,21). The highest BCUT2D eigenvalue weighted by Crippen LogP contribution is 2.30. The van der Waals surface area contributed by atoms with Gasteiger partial charge in [-0.05, 0) is 36.4 Å². The Morgan fingerprint density at radius 1 is 0.962 bits per heavy atom. The van der Waals surface area contributed by atoms with Crippen molar-refractivity contribution in [1.82, 2.24) is 0 Å². The smallest absolute Gasteiger partial charge is 0.250 e. The molecule has 26 heavy (non-hydrogen) atoms. The zero-order valence-corrected chi connectivity index (χ0v) is 14.9. The van der Waals surface area contributed by atoms with Gasteiger partial charge >= 0.3 is 0 Å². The first-order valence-electron chi connectivity index (χ1n) is 7.83. The summed E-state index contributed by atoms with van der Waals surface area (Å²) in [5.74, 6) is 0.272. The molecule has 0 aliphatic heterocycles. The maximum absolute atomic E-state index is 13.0. The fourth-order valence-electron chi connectivity index (χ4n) is 2.32. The van der Waals surface area contributed by atoms with Crippen LogP contribution in [-0.2, 0) is 14.3 Å². The first-order chi connectivity index (χ1) is 12.6. The highest BCUT2D eigenvalue weighted by Gasteiger charge is 2.21. The van der Waals surface area contributed by atoms with Crippen LogP contribution in [0.3, 0.4) is 0 Å². The van der Waals surface area contributed by atoms with E-state index in [1.165, 1.54) is 14.2 Å². The molecular formula is C19H21NO6. The van der Waals surface area contributed by atoms with E-state index in [-0.39, 0.29) is 30.7 Å². The SMILES string of the molecule is COCOc1cccc(NC(=O)COC)c1C(=O)c1ccc(OC)cc1. The molecule has 0 aliphatic carbocycles. The van der Waals surface area contributed by atoms with Crippen molar-refractivity contribution in [2.45, 2.75) is 0 Å². The van der Waals surface area contributed by atoms with Crippen LogP contribution < -0.4 is 14.8 Å². The Kier molecular flexibility index (Phi) is 7.13. The van der Waals surface area contributed by atoms with Gasteiger partial charge in [0.2, 0.25) is 5.91 Å². The van der Waals surface area contributed by atoms with Gasteiger partial charge in [-0.2, -0.15) is 0 Å². The molecule has 2 rings (SSSR count). The Bertz CT molecular complexity index is 757. The van der Waals surface area contributed by atoms with Gasteiger partial charge in [-0.3, -0.25) is 9.59 Å². The normalized spacial score (nSPS) is 10.3. The maximum Gasteiger partial charge on any atom is 0.250 e. The Hall–Kier alpha value is -2.90. The summed E-state index contributed by atoms with van der Waals surface area (Å²) in [5.41, 5.74) is 1.00. The van der Waals surface area contributed by atoms with Crippen molar-refractivity contribution in [2.24, 2.45) is 0 Å². The van der Waals surface area contributed by atoms with E-state index < -0.39 is 0 Å². The molecule has 7 heteroatoms. The summed E-state index contributed by atoms with van der Waals surface area (Å²) < 4.78 is 20.4. The minimum absolute atomic E-state index is 0.0294. The number of hydrogen-bond acceptors (Lipinski definition) is 6. The predicted octanol–water partition coefficient (Wildman–Crippen LogP) is 2.49. The number of methoxy groups -OCH3 is 3. The summed E-state index contributed by atoms with van der Waals surface area (Å²) in [6.07, 6.45) is 0. The third kappa shape index (κ3) is 4.81. The van der Waals surface area contributed by atoms with Crippen molar-refractivity contribution in [3.63, 3.8) is 0 Å². The highest BCUT2D eigenvalue weighted by molar-refractivity contribution is 6.15. The third-order valence-corrected chi connectivity index (χ3v) is 3.49. The molecule has 0 radical (unpaired) electrons. The van der Waals surface area contributed by atoms with Crippen molar-refractivity contribution in [1.29, 1.82) is 0 Å². The largest absolute Gasteiger partial charge is 0.497 e. The molecule has 0 heterocycles. The molecule has 138 valence electrons. The summed E-state index contributed by atoms with van der Waals surface area (Å²) in [6, 6.07) is 11.6. The van der Waals surface area contributed by atoms with Gasteiger partial charge in [0, 0.05) is 19.8 Å². The van der Waals surface area contributed by atoms with E-state index in [1.807, 2.05) is 0 Å². The molecule has 7 nitrogen and oxygen atoms in total. The Morgan fingerprint density at radius 2 is 1.69 bits per heavy atom. The average molecular weight is 359 g/mol. The number of amides is 1. The summed E-state index contributed by atoms with van der Waals surface area (Å²) in [5, 5.41) is 2.67. The van der Waals surface area contributed by atoms with E-state index in [9.17, 15) is 9.59 Å². The molecule has 0 aromatic heterocycles. The Labute approximate surface area is 151 Å². The number of ether oxygens (including phenoxy) is 4. The molecule has 0 atom stereocenters. The zero-order valence-electron chi connectivity index (χ0n) is 14.9. The molecular weight excluding hydrogens is 338 g/mol. The van der Waals surface area contributed by atoms with Crippen LogP contribution >= 0.6 is 0 Å². The van der Waals surface area contributed by atoms with E-state index >= 15 is 0 Å². The molecule has 0 saturated heterocycles. The van der Waals surface area contributed by atoms with E-state index in [4.69, 9.17) is 18.9 Å². The summed E-state index contributed by atoms with van der Waals surface area (Å²) in [7, 11) is 4.45. The molecule has 1 N–H and O–H groups in total. The fourth-order valence-corrected chi connectivity index (χ4v) is 2.32. The van der Waals surface area contributed by atoms with Gasteiger partial charge in [-0.15, -0.1) is 0 Å². The van der Waals surface area contributed by atoms with Crippen molar-refractivity contribution in [2.75, 3.05) is 40.0 Å². The number of carbonyl (C=O) groups excluding carboxylic acids is 2. The maximum atomic E-state index is 13.0. The number of carbonyl (C=O) groups is 2. The molecule has 0 saturated carbocycles. The zero-order chi connectivity index (χ0) is 18.9. The number of rotatable bonds is 9. The lowest BCUT2D eigenvalue weighted by atomic mass is 10.00. The molecule has 0 unspecified atom stereocenters. The molecule has 0 bridgehead atoms. The number of ketones is 1. The lowest BCUT2D eigenvalue weighted by molar-refractivity contribution is -0.119. The van der Waals surface area contributed by atoms with Gasteiger partial charge in [0.25, 0.3) is 0 Å². The Balaban J connectivity index is 2.43. The quantitative estimate of drug-likeness (QED) is 0.547. The van der Waals surface area contributed by atoms with Gasteiger partial charge in [-0.25, -0.2) is 0 Å². The van der Waals surface area contributed by atoms with Crippen LogP contribution in [0.4, 0.5) is 5.69 Å². The second-order valence-electron chi connectivity index (χ2n) is 5.27. The predicted molar refractivity (Wildman–Crippen MR) is 95.9 cm³/mol. The van der Waals surface area contributed by atoms with Crippen molar-refractivity contribution < 1.29 is 28.5 Å². The summed E-state index contributed by atoms with van der Waals surface area (Å²) in [4.78, 5) is 24.9. The van der Waals surface area contributed by atoms with Gasteiger partial charge in [0.1, 0.15) is 18.1 Å². The topological polar surface area (TPSA) is 83.1 Å². The molecule has 2 aromatic carbocycles. The highest BCUT2D eigenvalue weighted by atomic mass is 16.7. The fraction of sp³-hybridized carbons (Fsp3) is 0.263. The molecule has 0 spiro atoms. The summed E-state index contributed by atoms with van der Waals surface area (Å²) in [6.45, 7) is -0.155. The van der Waals surface area contributed by atoms with Crippen LogP contribution in [-0.4, -0.2) is 46.4 Å². The molecule has 1 amide bonds. The van der Waals surface area contributed by atoms with Gasteiger partial charge in [0.15, 0.2) is 12.6 Å². The van der Waals surface area contributed by atoms with Crippen molar-refractivity contribution in [3.05, 3.63) is 53.6 Å². The van der Waals surface area contributed by atoms with Gasteiger partial charge in [-0.1, -0.05) is 6.07 Å². The molecule has 2 aromatic rings. The second kappa shape index (κ2) is 9.55. The minimum atomic E-state index is -0.375. The summed E-state index contributed by atoms with van der Waals surface area (Å²) >= 11 is 0. The lowest BCUT2D eigenvalue weighted by Gasteiger charge is -2.15. The van der Waals surface area contributed by atoms with Crippen LogP contribution in [0.2, 0.25) is 0 Å². The van der Waals surface area contributed by atoms with Crippen LogP contribution in [0, 0.1) is 0 Å². The van der Waals surface area contributed by atoms with Crippen molar-refractivity contribution in [3.8, 4) is 11.5 Å². The van der Waals surface area contributed by atoms with E-state index in [2.05, 4.69) is 5.32 Å². The third-order valence-electron chi connectivity index (χ3n) is 3.49. The van der Waals surface area contributed by atoms with Crippen LogP contribution in [0.15, 0.2) is 42.5 Å². The van der Waals surface area contributed by atoms with Crippen LogP contribution in [0.25, 0.3) is 0 Å². The minimum Gasteiger partial charge on any atom is -0.497 e. The number of nitrogens with one attached hydrogen (secondary N) is 1. The second-order valence-corrected chi connectivity index (χ2v) is 5.27. The van der Waals surface area contributed by atoms with E-state index in [0.717, 1.165) is 0 Å². The first-order valence-corrected chi connectivity index (χ1v) is 7.83. The number of hydrogen-bond donors (Lipinski definition) is 1. The molecule has 0 aliphatic rings. The van der Waals surface area contributed by atoms with E-state index in [0.29, 0.717) is 22.7 Å². The van der Waals surface area contributed by atoms with Gasteiger partial charge < -0.3 is 24.3 Å². The average Bonchev–Trinajstić information content (AvgIpc) is 2.66. The van der Waals surface area contributed by atoms with Crippen molar-refractivity contribution >= 4 is 17.4 Å². The first kappa shape index (κ1) is 19.4. The lowest BCUT2D eigenvalue weighted by Crippen LogP contribution is -2.20. The monoisotopic (exact) mass is 359 g/mol. The van der Waals surface area contributed by atoms with Crippen LogP contribution in [0.1, 0.15) is 15.9 Å². The van der Waals surface area contributed by atoms with E-state index in [1.54, 1.807) is 49.6 Å². The molecule has 0 fully saturated rings. The van der Waals surface area contributed by atoms with Crippen LogP contribution in [0.5, 0.6) is 11.5 Å². The number of anilines is 1. The van der Waals surface area contributed by atoms with Gasteiger partial charge in [0.05, 0.1) is 18.4 Å².